The van der Waals surface area contributed by atoms with Crippen molar-refractivity contribution in [2.45, 2.75) is 45.1 Å². The summed E-state index contributed by atoms with van der Waals surface area (Å²) in [6.07, 6.45) is 6.03. The summed E-state index contributed by atoms with van der Waals surface area (Å²) in [5.41, 5.74) is 2.40. The quantitative estimate of drug-likeness (QED) is 0.900. The molecule has 0 bridgehead atoms. The number of imidazole rings is 1. The Bertz CT molecular complexity index is 579. The Labute approximate surface area is 114 Å². The molecule has 1 N–H and O–H groups in total. The molecule has 0 unspecified atom stereocenters. The molecule has 0 atom stereocenters. The lowest BCUT2D eigenvalue weighted by Gasteiger charge is -2.34. The van der Waals surface area contributed by atoms with Gasteiger partial charge in [0.2, 0.25) is 0 Å². The molecule has 3 heterocycles. The lowest BCUT2D eigenvalue weighted by atomic mass is 9.80. The first kappa shape index (κ1) is 12.6. The van der Waals surface area contributed by atoms with E-state index in [1.807, 2.05) is 12.4 Å². The Morgan fingerprint density at radius 1 is 1.32 bits per heavy atom. The Kier molecular flexibility index (Phi) is 3.05. The average molecular weight is 258 g/mol. The SMILES string of the molecule is CC(C)n1c(C2(C)CCNCC2)nc2cnccc21. The summed E-state index contributed by atoms with van der Waals surface area (Å²) in [7, 11) is 0. The third kappa shape index (κ3) is 2.04. The summed E-state index contributed by atoms with van der Waals surface area (Å²) in [6, 6.07) is 2.50. The highest BCUT2D eigenvalue weighted by Crippen LogP contribution is 2.35. The van der Waals surface area contributed by atoms with E-state index in [9.17, 15) is 0 Å². The smallest absolute Gasteiger partial charge is 0.116 e. The van der Waals surface area contributed by atoms with Crippen LogP contribution in [-0.2, 0) is 5.41 Å². The fraction of sp³-hybridized carbons (Fsp3) is 0.600. The molecule has 0 amide bonds. The van der Waals surface area contributed by atoms with Gasteiger partial charge in [0.1, 0.15) is 11.3 Å². The number of rotatable bonds is 2. The minimum absolute atomic E-state index is 0.175. The van der Waals surface area contributed by atoms with E-state index in [0.717, 1.165) is 31.4 Å². The molecular weight excluding hydrogens is 236 g/mol. The number of hydrogen-bond acceptors (Lipinski definition) is 3. The van der Waals surface area contributed by atoms with Crippen LogP contribution >= 0.6 is 0 Å². The van der Waals surface area contributed by atoms with Crippen molar-refractivity contribution < 1.29 is 0 Å². The van der Waals surface area contributed by atoms with E-state index in [1.165, 1.54) is 11.3 Å². The second kappa shape index (κ2) is 4.60. The summed E-state index contributed by atoms with van der Waals surface area (Å²) in [4.78, 5) is 9.11. The van der Waals surface area contributed by atoms with Crippen LogP contribution in [0.5, 0.6) is 0 Å². The first-order chi connectivity index (χ1) is 9.12. The minimum Gasteiger partial charge on any atom is -0.325 e. The van der Waals surface area contributed by atoms with E-state index in [2.05, 4.69) is 41.7 Å². The number of piperidine rings is 1. The van der Waals surface area contributed by atoms with Crippen LogP contribution in [-0.4, -0.2) is 27.6 Å². The highest BCUT2D eigenvalue weighted by molar-refractivity contribution is 5.75. The van der Waals surface area contributed by atoms with Crippen LogP contribution in [0.3, 0.4) is 0 Å². The molecular formula is C15H22N4. The molecule has 4 heteroatoms. The molecule has 0 aromatic carbocycles. The van der Waals surface area contributed by atoms with E-state index >= 15 is 0 Å². The molecule has 1 fully saturated rings. The van der Waals surface area contributed by atoms with Gasteiger partial charge in [-0.2, -0.15) is 0 Å². The molecule has 4 nitrogen and oxygen atoms in total. The molecule has 19 heavy (non-hydrogen) atoms. The monoisotopic (exact) mass is 258 g/mol. The molecule has 1 saturated heterocycles. The number of nitrogens with one attached hydrogen (secondary N) is 1. The Hall–Kier alpha value is -1.42. The number of fused-ring (bicyclic) bond motifs is 1. The van der Waals surface area contributed by atoms with Gasteiger partial charge in [0.05, 0.1) is 11.7 Å². The number of hydrogen-bond donors (Lipinski definition) is 1. The van der Waals surface area contributed by atoms with Crippen LogP contribution in [0.15, 0.2) is 18.5 Å². The molecule has 102 valence electrons. The van der Waals surface area contributed by atoms with Gasteiger partial charge in [0.25, 0.3) is 0 Å². The van der Waals surface area contributed by atoms with Crippen molar-refractivity contribution in [3.05, 3.63) is 24.3 Å². The molecule has 1 aliphatic rings. The maximum Gasteiger partial charge on any atom is 0.116 e. The standard InChI is InChI=1S/C15H22N4/c1-11(2)19-13-4-7-17-10-12(13)18-14(19)15(3)5-8-16-9-6-15/h4,7,10-11,16H,5-6,8-9H2,1-3H3. The summed E-state index contributed by atoms with van der Waals surface area (Å²) in [5, 5.41) is 3.44. The number of aromatic nitrogens is 3. The van der Waals surface area contributed by atoms with Crippen molar-refractivity contribution >= 4 is 11.0 Å². The molecule has 0 saturated carbocycles. The zero-order chi connectivity index (χ0) is 13.5. The second-order valence-corrected chi connectivity index (χ2v) is 6.07. The number of nitrogens with zero attached hydrogens (tertiary/aromatic N) is 3. The number of pyridine rings is 1. The van der Waals surface area contributed by atoms with Gasteiger partial charge in [-0.25, -0.2) is 4.98 Å². The van der Waals surface area contributed by atoms with Gasteiger partial charge in [-0.15, -0.1) is 0 Å². The van der Waals surface area contributed by atoms with E-state index < -0.39 is 0 Å². The lowest BCUT2D eigenvalue weighted by molar-refractivity contribution is 0.305. The lowest BCUT2D eigenvalue weighted by Crippen LogP contribution is -2.39. The zero-order valence-corrected chi connectivity index (χ0v) is 12.0. The van der Waals surface area contributed by atoms with Gasteiger partial charge in [0, 0.05) is 17.7 Å². The van der Waals surface area contributed by atoms with Gasteiger partial charge in [-0.05, 0) is 45.8 Å². The molecule has 2 aromatic heterocycles. The Balaban J connectivity index is 2.19. The third-order valence-corrected chi connectivity index (χ3v) is 4.26. The van der Waals surface area contributed by atoms with Crippen molar-refractivity contribution in [1.82, 2.24) is 19.9 Å². The summed E-state index contributed by atoms with van der Waals surface area (Å²) >= 11 is 0. The largest absolute Gasteiger partial charge is 0.325 e. The highest BCUT2D eigenvalue weighted by Gasteiger charge is 2.34. The van der Waals surface area contributed by atoms with E-state index in [4.69, 9.17) is 4.98 Å². The van der Waals surface area contributed by atoms with Gasteiger partial charge < -0.3 is 9.88 Å². The van der Waals surface area contributed by atoms with Crippen LogP contribution in [0, 0.1) is 0 Å². The van der Waals surface area contributed by atoms with Crippen molar-refractivity contribution in [1.29, 1.82) is 0 Å². The van der Waals surface area contributed by atoms with E-state index in [1.54, 1.807) is 0 Å². The normalized spacial score (nSPS) is 19.2. The minimum atomic E-state index is 0.175. The van der Waals surface area contributed by atoms with Gasteiger partial charge in [-0.3, -0.25) is 4.98 Å². The topological polar surface area (TPSA) is 42.7 Å². The highest BCUT2D eigenvalue weighted by atomic mass is 15.1. The fourth-order valence-corrected chi connectivity index (χ4v) is 3.10. The third-order valence-electron chi connectivity index (χ3n) is 4.26. The second-order valence-electron chi connectivity index (χ2n) is 6.07. The van der Waals surface area contributed by atoms with Crippen LogP contribution in [0.1, 0.15) is 45.5 Å². The summed E-state index contributed by atoms with van der Waals surface area (Å²) in [6.45, 7) is 8.97. The molecule has 0 spiro atoms. The first-order valence-electron chi connectivity index (χ1n) is 7.15. The molecule has 0 aliphatic carbocycles. The van der Waals surface area contributed by atoms with Crippen molar-refractivity contribution in [2.24, 2.45) is 0 Å². The first-order valence-corrected chi connectivity index (χ1v) is 7.15. The summed E-state index contributed by atoms with van der Waals surface area (Å²) in [5.74, 6) is 1.23. The molecule has 2 aromatic rings. The van der Waals surface area contributed by atoms with Crippen LogP contribution < -0.4 is 5.32 Å². The van der Waals surface area contributed by atoms with Gasteiger partial charge >= 0.3 is 0 Å². The fourth-order valence-electron chi connectivity index (χ4n) is 3.10. The molecule has 3 rings (SSSR count). The van der Waals surface area contributed by atoms with Crippen LogP contribution in [0.2, 0.25) is 0 Å². The Morgan fingerprint density at radius 3 is 2.74 bits per heavy atom. The van der Waals surface area contributed by atoms with Crippen LogP contribution in [0.25, 0.3) is 11.0 Å². The Morgan fingerprint density at radius 2 is 2.05 bits per heavy atom. The van der Waals surface area contributed by atoms with Gasteiger partial charge in [0.15, 0.2) is 0 Å². The van der Waals surface area contributed by atoms with E-state index in [0.29, 0.717) is 6.04 Å². The maximum atomic E-state index is 4.90. The molecule has 1 aliphatic heterocycles. The van der Waals surface area contributed by atoms with Gasteiger partial charge in [-0.1, -0.05) is 6.92 Å². The predicted molar refractivity (Wildman–Crippen MR) is 77.4 cm³/mol. The van der Waals surface area contributed by atoms with Crippen molar-refractivity contribution in [2.75, 3.05) is 13.1 Å². The van der Waals surface area contributed by atoms with Crippen molar-refractivity contribution in [3.63, 3.8) is 0 Å². The van der Waals surface area contributed by atoms with E-state index in [-0.39, 0.29) is 5.41 Å². The van der Waals surface area contributed by atoms with Crippen molar-refractivity contribution in [3.8, 4) is 0 Å². The predicted octanol–water partition coefficient (Wildman–Crippen LogP) is 2.65. The average Bonchev–Trinajstić information content (AvgIpc) is 2.79. The van der Waals surface area contributed by atoms with Crippen LogP contribution in [0.4, 0.5) is 0 Å². The maximum absolute atomic E-state index is 4.90. The zero-order valence-electron chi connectivity index (χ0n) is 12.0. The molecule has 0 radical (unpaired) electrons. The summed E-state index contributed by atoms with van der Waals surface area (Å²) < 4.78 is 2.39.